The van der Waals surface area contributed by atoms with Crippen LogP contribution in [0.25, 0.3) is 0 Å². The lowest BCUT2D eigenvalue weighted by Crippen LogP contribution is -2.24. The summed E-state index contributed by atoms with van der Waals surface area (Å²) in [7, 11) is 0. The molecule has 17 heavy (non-hydrogen) atoms. The Morgan fingerprint density at radius 2 is 2.18 bits per heavy atom. The Hall–Kier alpha value is -2.04. The molecule has 0 bridgehead atoms. The minimum atomic E-state index is -0.680. The number of nitrogens with one attached hydrogen (secondary N) is 1. The maximum Gasteiger partial charge on any atom is 0.332 e. The van der Waals surface area contributed by atoms with E-state index in [1.54, 1.807) is 0 Å². The van der Waals surface area contributed by atoms with Gasteiger partial charge in [0.1, 0.15) is 5.75 Å². The summed E-state index contributed by atoms with van der Waals surface area (Å²) in [6.45, 7) is 2.85. The molecule has 0 saturated carbocycles. The van der Waals surface area contributed by atoms with Crippen LogP contribution in [0.2, 0.25) is 0 Å². The molecule has 0 radical (unpaired) electrons. The number of carbonyl (C=O) groups excluding carboxylic acids is 1. The molecule has 0 atom stereocenters. The Morgan fingerprint density at radius 1 is 1.47 bits per heavy atom. The van der Waals surface area contributed by atoms with Gasteiger partial charge in [-0.3, -0.25) is 0 Å². The molecule has 5 heteroatoms. The number of hydrogen-bond acceptors (Lipinski definition) is 3. The fourth-order valence-corrected chi connectivity index (χ4v) is 1.15. The Labute approximate surface area is 101 Å². The van der Waals surface area contributed by atoms with E-state index in [0.29, 0.717) is 0 Å². The number of rotatable bonds is 6. The lowest BCUT2D eigenvalue weighted by molar-refractivity contribution is 0.249. The lowest BCUT2D eigenvalue weighted by atomic mass is 10.2. The topological polar surface area (TPSA) is 76.7 Å². The molecule has 2 amide bonds. The van der Waals surface area contributed by atoms with Gasteiger partial charge in [0, 0.05) is 0 Å². The van der Waals surface area contributed by atoms with E-state index in [-0.39, 0.29) is 0 Å². The van der Waals surface area contributed by atoms with Crippen LogP contribution in [0.15, 0.2) is 29.4 Å². The molecular weight excluding hydrogens is 218 g/mol. The summed E-state index contributed by atoms with van der Waals surface area (Å²) in [6.07, 6.45) is 3.68. The molecule has 0 aliphatic carbocycles. The predicted molar refractivity (Wildman–Crippen MR) is 67.2 cm³/mol. The van der Waals surface area contributed by atoms with Gasteiger partial charge in [0.2, 0.25) is 0 Å². The van der Waals surface area contributed by atoms with E-state index in [4.69, 9.17) is 10.5 Å². The van der Waals surface area contributed by atoms with Crippen molar-refractivity contribution < 1.29 is 9.53 Å². The Kier molecular flexibility index (Phi) is 5.57. The maximum atomic E-state index is 10.4. The third kappa shape index (κ3) is 5.55. The van der Waals surface area contributed by atoms with Crippen molar-refractivity contribution in [2.75, 3.05) is 6.61 Å². The largest absolute Gasteiger partial charge is 0.494 e. The standard InChI is InChI=1S/C12H17N3O2/c1-2-3-8-17-11-6-4-10(5-7-11)9-14-15-12(13)16/h4-7,9H,2-3,8H2,1H3,(H3,13,15,16). The number of ether oxygens (including phenoxy) is 1. The highest BCUT2D eigenvalue weighted by atomic mass is 16.5. The molecule has 0 aliphatic rings. The van der Waals surface area contributed by atoms with Crippen LogP contribution in [0.1, 0.15) is 25.3 Å². The molecule has 1 aromatic rings. The third-order valence-corrected chi connectivity index (χ3v) is 2.04. The first-order valence-electron chi connectivity index (χ1n) is 5.53. The summed E-state index contributed by atoms with van der Waals surface area (Å²) in [4.78, 5) is 10.4. The second-order valence-corrected chi connectivity index (χ2v) is 3.51. The first-order valence-corrected chi connectivity index (χ1v) is 5.53. The van der Waals surface area contributed by atoms with E-state index in [1.807, 2.05) is 24.3 Å². The van der Waals surface area contributed by atoms with Crippen molar-refractivity contribution in [1.29, 1.82) is 0 Å². The Balaban J connectivity index is 2.44. The summed E-state index contributed by atoms with van der Waals surface area (Å²) < 4.78 is 5.51. The average Bonchev–Trinajstić information content (AvgIpc) is 2.31. The quantitative estimate of drug-likeness (QED) is 0.448. The van der Waals surface area contributed by atoms with Crippen molar-refractivity contribution in [2.45, 2.75) is 19.8 Å². The maximum absolute atomic E-state index is 10.4. The summed E-state index contributed by atoms with van der Waals surface area (Å²) in [5.41, 5.74) is 7.86. The number of hydrazone groups is 1. The third-order valence-electron chi connectivity index (χ3n) is 2.04. The smallest absolute Gasteiger partial charge is 0.332 e. The molecule has 0 unspecified atom stereocenters. The van der Waals surface area contributed by atoms with Crippen LogP contribution in [-0.4, -0.2) is 18.9 Å². The molecule has 0 fully saturated rings. The van der Waals surface area contributed by atoms with Crippen molar-refractivity contribution in [3.8, 4) is 5.75 Å². The van der Waals surface area contributed by atoms with E-state index in [2.05, 4.69) is 17.5 Å². The zero-order chi connectivity index (χ0) is 12.5. The summed E-state index contributed by atoms with van der Waals surface area (Å²) >= 11 is 0. The van der Waals surface area contributed by atoms with Crippen LogP contribution < -0.4 is 15.9 Å². The van der Waals surface area contributed by atoms with E-state index in [9.17, 15) is 4.79 Å². The minimum Gasteiger partial charge on any atom is -0.494 e. The number of carbonyl (C=O) groups is 1. The van der Waals surface area contributed by atoms with E-state index in [1.165, 1.54) is 6.21 Å². The van der Waals surface area contributed by atoms with Crippen LogP contribution in [-0.2, 0) is 0 Å². The fourth-order valence-electron chi connectivity index (χ4n) is 1.15. The first-order chi connectivity index (χ1) is 8.22. The number of amides is 2. The highest BCUT2D eigenvalue weighted by Gasteiger charge is 1.93. The Morgan fingerprint density at radius 3 is 2.76 bits per heavy atom. The molecular formula is C12H17N3O2. The van der Waals surface area contributed by atoms with Crippen molar-refractivity contribution >= 4 is 12.2 Å². The van der Waals surface area contributed by atoms with Crippen molar-refractivity contribution in [3.63, 3.8) is 0 Å². The fraction of sp³-hybridized carbons (Fsp3) is 0.333. The van der Waals surface area contributed by atoms with Crippen molar-refractivity contribution in [2.24, 2.45) is 10.8 Å². The zero-order valence-corrected chi connectivity index (χ0v) is 9.85. The van der Waals surface area contributed by atoms with E-state index >= 15 is 0 Å². The lowest BCUT2D eigenvalue weighted by Gasteiger charge is -2.04. The van der Waals surface area contributed by atoms with Gasteiger partial charge in [-0.05, 0) is 36.2 Å². The van der Waals surface area contributed by atoms with Crippen molar-refractivity contribution in [3.05, 3.63) is 29.8 Å². The van der Waals surface area contributed by atoms with Crippen LogP contribution >= 0.6 is 0 Å². The van der Waals surface area contributed by atoms with Crippen LogP contribution in [0, 0.1) is 0 Å². The Bertz CT molecular complexity index is 374. The van der Waals surface area contributed by atoms with E-state index < -0.39 is 6.03 Å². The molecule has 1 aromatic carbocycles. The summed E-state index contributed by atoms with van der Waals surface area (Å²) in [6, 6.07) is 6.75. The van der Waals surface area contributed by atoms with Crippen LogP contribution in [0.4, 0.5) is 4.79 Å². The van der Waals surface area contributed by atoms with Gasteiger partial charge in [0.15, 0.2) is 0 Å². The molecule has 0 heterocycles. The van der Waals surface area contributed by atoms with Gasteiger partial charge in [-0.1, -0.05) is 13.3 Å². The highest BCUT2D eigenvalue weighted by Crippen LogP contribution is 2.11. The normalized spacial score (nSPS) is 10.4. The molecule has 92 valence electrons. The molecule has 3 N–H and O–H groups in total. The summed E-state index contributed by atoms with van der Waals surface area (Å²) in [5.74, 6) is 0.832. The van der Waals surface area contributed by atoms with Crippen LogP contribution in [0.3, 0.4) is 0 Å². The molecule has 0 aliphatic heterocycles. The minimum absolute atomic E-state index is 0.680. The highest BCUT2D eigenvalue weighted by molar-refractivity contribution is 5.81. The van der Waals surface area contributed by atoms with Gasteiger partial charge in [0.05, 0.1) is 12.8 Å². The summed E-state index contributed by atoms with van der Waals surface area (Å²) in [5, 5.41) is 3.66. The van der Waals surface area contributed by atoms with Crippen molar-refractivity contribution in [1.82, 2.24) is 5.43 Å². The van der Waals surface area contributed by atoms with Crippen LogP contribution in [0.5, 0.6) is 5.75 Å². The van der Waals surface area contributed by atoms with Gasteiger partial charge in [0.25, 0.3) is 0 Å². The number of unbranched alkanes of at least 4 members (excludes halogenated alkanes) is 1. The molecule has 1 rings (SSSR count). The van der Waals surface area contributed by atoms with Gasteiger partial charge >= 0.3 is 6.03 Å². The van der Waals surface area contributed by atoms with Gasteiger partial charge in [-0.2, -0.15) is 5.10 Å². The molecule has 5 nitrogen and oxygen atoms in total. The van der Waals surface area contributed by atoms with Gasteiger partial charge < -0.3 is 10.5 Å². The average molecular weight is 235 g/mol. The molecule has 0 saturated heterocycles. The second kappa shape index (κ2) is 7.27. The SMILES string of the molecule is CCCCOc1ccc(C=NNC(N)=O)cc1. The number of nitrogens with two attached hydrogens (primary N) is 1. The zero-order valence-electron chi connectivity index (χ0n) is 9.85. The molecule has 0 aromatic heterocycles. The predicted octanol–water partition coefficient (Wildman–Crippen LogP) is 1.87. The second-order valence-electron chi connectivity index (χ2n) is 3.51. The number of nitrogens with zero attached hydrogens (tertiary/aromatic N) is 1. The number of urea groups is 1. The van der Waals surface area contributed by atoms with Gasteiger partial charge in [-0.25, -0.2) is 10.2 Å². The molecule has 0 spiro atoms. The first kappa shape index (κ1) is 13.0. The number of primary amides is 1. The monoisotopic (exact) mass is 235 g/mol. The number of hydrogen-bond donors (Lipinski definition) is 2. The van der Waals surface area contributed by atoms with E-state index in [0.717, 1.165) is 30.8 Å². The van der Waals surface area contributed by atoms with Gasteiger partial charge in [-0.15, -0.1) is 0 Å². The number of benzene rings is 1.